The summed E-state index contributed by atoms with van der Waals surface area (Å²) in [6.45, 7) is 2.18. The van der Waals surface area contributed by atoms with E-state index in [9.17, 15) is 19.2 Å². The number of aromatic nitrogens is 1. The number of primary amides is 1. The van der Waals surface area contributed by atoms with Crippen LogP contribution < -0.4 is 11.1 Å². The molecule has 2 aliphatic heterocycles. The fraction of sp³-hybridized carbons (Fsp3) is 0.321. The molecule has 3 N–H and O–H groups in total. The van der Waals surface area contributed by atoms with Gasteiger partial charge in [0.25, 0.3) is 0 Å². The SMILES string of the molecule is C[C@H]1[C@H]2N(C(=O)CN(C)N2C(=O)NCc2ccncc2)[C@@H](CC(N)=O)C(=O)N1Cc1cccc2ccccc12. The van der Waals surface area contributed by atoms with Gasteiger partial charge in [-0.25, -0.2) is 14.8 Å². The monoisotopic (exact) mass is 529 g/mol. The molecule has 5 amide bonds. The number of nitrogens with two attached hydrogens (primary N) is 1. The first-order valence-corrected chi connectivity index (χ1v) is 12.8. The fourth-order valence-corrected chi connectivity index (χ4v) is 5.53. The van der Waals surface area contributed by atoms with Crippen LogP contribution in [0.25, 0.3) is 10.8 Å². The molecule has 2 aliphatic rings. The molecule has 0 radical (unpaired) electrons. The zero-order chi connectivity index (χ0) is 27.7. The Morgan fingerprint density at radius 2 is 1.77 bits per heavy atom. The number of nitrogens with one attached hydrogen (secondary N) is 1. The lowest BCUT2D eigenvalue weighted by molar-refractivity contribution is -0.196. The number of hydrogen-bond acceptors (Lipinski definition) is 6. The van der Waals surface area contributed by atoms with E-state index >= 15 is 0 Å². The van der Waals surface area contributed by atoms with Crippen molar-refractivity contribution in [3.63, 3.8) is 0 Å². The Balaban J connectivity index is 1.50. The fourth-order valence-electron chi connectivity index (χ4n) is 5.53. The van der Waals surface area contributed by atoms with E-state index in [1.807, 2.05) is 49.4 Å². The second-order valence-electron chi connectivity index (χ2n) is 9.92. The van der Waals surface area contributed by atoms with Gasteiger partial charge in [-0.2, -0.15) is 0 Å². The molecule has 3 aromatic rings. The number of nitrogens with zero attached hydrogens (tertiary/aromatic N) is 5. The molecule has 3 atom stereocenters. The minimum absolute atomic E-state index is 0.127. The summed E-state index contributed by atoms with van der Waals surface area (Å²) < 4.78 is 0. The molecular weight excluding hydrogens is 498 g/mol. The van der Waals surface area contributed by atoms with Crippen molar-refractivity contribution in [2.24, 2.45) is 5.73 Å². The normalized spacial score (nSPS) is 21.7. The summed E-state index contributed by atoms with van der Waals surface area (Å²) in [5.41, 5.74) is 7.32. The molecule has 39 heavy (non-hydrogen) atoms. The molecule has 2 fully saturated rings. The molecule has 0 saturated carbocycles. The van der Waals surface area contributed by atoms with Gasteiger partial charge in [0.15, 0.2) is 0 Å². The summed E-state index contributed by atoms with van der Waals surface area (Å²) in [4.78, 5) is 59.8. The van der Waals surface area contributed by atoms with Crippen LogP contribution in [0.5, 0.6) is 0 Å². The number of fused-ring (bicyclic) bond motifs is 2. The Bertz CT molecular complexity index is 1410. The van der Waals surface area contributed by atoms with Crippen molar-refractivity contribution in [3.05, 3.63) is 78.1 Å². The van der Waals surface area contributed by atoms with Crippen molar-refractivity contribution < 1.29 is 19.2 Å². The van der Waals surface area contributed by atoms with Crippen LogP contribution in [0.1, 0.15) is 24.5 Å². The van der Waals surface area contributed by atoms with Gasteiger partial charge in [0.2, 0.25) is 17.7 Å². The molecule has 11 nitrogen and oxygen atoms in total. The zero-order valence-corrected chi connectivity index (χ0v) is 21.9. The molecule has 1 aromatic heterocycles. The molecule has 0 bridgehead atoms. The summed E-state index contributed by atoms with van der Waals surface area (Å²) in [5, 5.41) is 7.95. The van der Waals surface area contributed by atoms with Crippen LogP contribution in [0.4, 0.5) is 4.79 Å². The summed E-state index contributed by atoms with van der Waals surface area (Å²) in [7, 11) is 1.66. The van der Waals surface area contributed by atoms with Gasteiger partial charge in [-0.1, -0.05) is 42.5 Å². The van der Waals surface area contributed by atoms with Gasteiger partial charge in [-0.15, -0.1) is 0 Å². The molecule has 5 rings (SSSR count). The summed E-state index contributed by atoms with van der Waals surface area (Å²) >= 11 is 0. The predicted octanol–water partition coefficient (Wildman–Crippen LogP) is 1.44. The van der Waals surface area contributed by atoms with E-state index in [1.165, 1.54) is 9.91 Å². The molecule has 202 valence electrons. The highest BCUT2D eigenvalue weighted by Gasteiger charge is 2.54. The molecule has 0 aliphatic carbocycles. The Kier molecular flexibility index (Phi) is 7.16. The number of piperazine rings is 1. The van der Waals surface area contributed by atoms with E-state index in [2.05, 4.69) is 10.3 Å². The smallest absolute Gasteiger partial charge is 0.334 e. The quantitative estimate of drug-likeness (QED) is 0.497. The minimum atomic E-state index is -1.12. The summed E-state index contributed by atoms with van der Waals surface area (Å²) in [6.07, 6.45) is 2.11. The minimum Gasteiger partial charge on any atom is -0.370 e. The largest absolute Gasteiger partial charge is 0.370 e. The van der Waals surface area contributed by atoms with Gasteiger partial charge < -0.3 is 20.9 Å². The molecule has 0 unspecified atom stereocenters. The first-order chi connectivity index (χ1) is 18.8. The van der Waals surface area contributed by atoms with E-state index < -0.39 is 30.2 Å². The van der Waals surface area contributed by atoms with Crippen LogP contribution in [0, 0.1) is 0 Å². The highest BCUT2D eigenvalue weighted by molar-refractivity contribution is 5.95. The highest BCUT2D eigenvalue weighted by atomic mass is 16.2. The number of pyridine rings is 1. The van der Waals surface area contributed by atoms with Crippen LogP contribution in [0.15, 0.2) is 67.0 Å². The first kappa shape index (κ1) is 26.1. The topological polar surface area (TPSA) is 132 Å². The molecule has 0 spiro atoms. The van der Waals surface area contributed by atoms with E-state index in [0.29, 0.717) is 0 Å². The van der Waals surface area contributed by atoms with Crippen LogP contribution in [0.2, 0.25) is 0 Å². The van der Waals surface area contributed by atoms with Gasteiger partial charge in [0.05, 0.1) is 19.0 Å². The maximum Gasteiger partial charge on any atom is 0.334 e. The van der Waals surface area contributed by atoms with Crippen molar-refractivity contribution >= 4 is 34.5 Å². The molecule has 11 heteroatoms. The lowest BCUT2D eigenvalue weighted by Crippen LogP contribution is -2.78. The highest BCUT2D eigenvalue weighted by Crippen LogP contribution is 2.33. The Morgan fingerprint density at radius 1 is 1.05 bits per heavy atom. The van der Waals surface area contributed by atoms with Crippen molar-refractivity contribution in [2.45, 2.75) is 44.7 Å². The number of amides is 5. The van der Waals surface area contributed by atoms with Crippen LogP contribution >= 0.6 is 0 Å². The summed E-state index contributed by atoms with van der Waals surface area (Å²) in [6, 6.07) is 15.2. The standard InChI is InChI=1S/C28H31N7O4/c1-18-26-34(25(37)17-32(2)35(26)28(39)31-15-19-10-12-30-13-11-19)23(14-24(29)36)27(38)33(18)16-21-8-5-7-20-6-3-4-9-22(20)21/h3-13,18,23,26H,14-17H2,1-2H3,(H2,29,36)(H,31,39)/t18-,23-,26-/m0/s1. The second-order valence-corrected chi connectivity index (χ2v) is 9.92. The van der Waals surface area contributed by atoms with Crippen LogP contribution in [-0.4, -0.2) is 80.4 Å². The van der Waals surface area contributed by atoms with E-state index in [-0.39, 0.29) is 37.9 Å². The first-order valence-electron chi connectivity index (χ1n) is 12.8. The van der Waals surface area contributed by atoms with Gasteiger partial charge in [0.1, 0.15) is 12.2 Å². The molecular formula is C28H31N7O4. The van der Waals surface area contributed by atoms with Gasteiger partial charge in [-0.3, -0.25) is 19.4 Å². The third kappa shape index (κ3) is 5.00. The number of hydrogen-bond donors (Lipinski definition) is 2. The lowest BCUT2D eigenvalue weighted by Gasteiger charge is -2.57. The lowest BCUT2D eigenvalue weighted by atomic mass is 9.96. The van der Waals surface area contributed by atoms with E-state index in [1.54, 1.807) is 41.5 Å². The maximum absolute atomic E-state index is 13.9. The third-order valence-corrected chi connectivity index (χ3v) is 7.40. The van der Waals surface area contributed by atoms with E-state index in [0.717, 1.165) is 21.9 Å². The van der Waals surface area contributed by atoms with E-state index in [4.69, 9.17) is 5.73 Å². The summed E-state index contributed by atoms with van der Waals surface area (Å²) in [5.74, 6) is -1.43. The number of urea groups is 1. The van der Waals surface area contributed by atoms with Crippen LogP contribution in [-0.2, 0) is 27.5 Å². The Hall–Kier alpha value is -4.51. The predicted molar refractivity (Wildman–Crippen MR) is 143 cm³/mol. The maximum atomic E-state index is 13.9. The Labute approximate surface area is 226 Å². The number of benzene rings is 2. The second kappa shape index (κ2) is 10.7. The number of likely N-dealkylation sites (N-methyl/N-ethyl adjacent to an activating group) is 1. The van der Waals surface area contributed by atoms with Crippen molar-refractivity contribution in [3.8, 4) is 0 Å². The number of carbonyl (C=O) groups excluding carboxylic acids is 4. The van der Waals surface area contributed by atoms with Gasteiger partial charge in [0, 0.05) is 32.5 Å². The average molecular weight is 530 g/mol. The van der Waals surface area contributed by atoms with Crippen LogP contribution in [0.3, 0.4) is 0 Å². The zero-order valence-electron chi connectivity index (χ0n) is 21.9. The van der Waals surface area contributed by atoms with Crippen molar-refractivity contribution in [2.75, 3.05) is 13.6 Å². The van der Waals surface area contributed by atoms with Crippen molar-refractivity contribution in [1.82, 2.24) is 30.1 Å². The molecule has 2 saturated heterocycles. The number of rotatable bonds is 6. The Morgan fingerprint density at radius 3 is 2.51 bits per heavy atom. The van der Waals surface area contributed by atoms with Gasteiger partial charge in [-0.05, 0) is 41.0 Å². The number of hydrazine groups is 1. The molecule has 3 heterocycles. The third-order valence-electron chi connectivity index (χ3n) is 7.40. The average Bonchev–Trinajstić information content (AvgIpc) is 2.92. The number of carbonyl (C=O) groups is 4. The van der Waals surface area contributed by atoms with Crippen molar-refractivity contribution in [1.29, 1.82) is 0 Å². The van der Waals surface area contributed by atoms with Gasteiger partial charge >= 0.3 is 6.03 Å². The molecule has 2 aromatic carbocycles.